The van der Waals surface area contributed by atoms with Crippen molar-refractivity contribution in [3.8, 4) is 0 Å². The lowest BCUT2D eigenvalue weighted by Crippen LogP contribution is -2.44. The fraction of sp³-hybridized carbons (Fsp3) is 0.455. The number of piperazine rings is 1. The molecule has 2 aromatic rings. The van der Waals surface area contributed by atoms with E-state index < -0.39 is 6.43 Å². The summed E-state index contributed by atoms with van der Waals surface area (Å²) in [5, 5.41) is 2.90. The fourth-order valence-corrected chi connectivity index (χ4v) is 4.48. The van der Waals surface area contributed by atoms with Crippen LogP contribution in [0.5, 0.6) is 0 Å². The predicted octanol–water partition coefficient (Wildman–Crippen LogP) is 4.50. The first-order chi connectivity index (χ1) is 14.4. The molecule has 8 heteroatoms. The first-order valence-electron chi connectivity index (χ1n) is 10.2. The maximum absolute atomic E-state index is 12.9. The van der Waals surface area contributed by atoms with Gasteiger partial charge in [0.25, 0.3) is 12.3 Å². The molecule has 1 aliphatic carbocycles. The summed E-state index contributed by atoms with van der Waals surface area (Å²) in [6.07, 6.45) is 0.931. The van der Waals surface area contributed by atoms with Crippen LogP contribution in [-0.4, -0.2) is 53.9 Å². The van der Waals surface area contributed by atoms with Crippen molar-refractivity contribution in [1.82, 2.24) is 14.8 Å². The van der Waals surface area contributed by atoms with Gasteiger partial charge < -0.3 is 10.2 Å². The number of alkyl halides is 2. The average Bonchev–Trinajstić information content (AvgIpc) is 3.55. The molecule has 0 spiro atoms. The zero-order chi connectivity index (χ0) is 21.3. The van der Waals surface area contributed by atoms with Crippen LogP contribution in [0, 0.1) is 3.57 Å². The molecule has 2 aliphatic rings. The lowest BCUT2D eigenvalue weighted by Gasteiger charge is -2.32. The molecule has 2 fully saturated rings. The van der Waals surface area contributed by atoms with E-state index in [0.29, 0.717) is 5.92 Å². The smallest absolute Gasteiger partial charge is 0.281 e. The Kier molecular flexibility index (Phi) is 6.64. The van der Waals surface area contributed by atoms with E-state index in [1.165, 1.54) is 36.2 Å². The zero-order valence-electron chi connectivity index (χ0n) is 16.9. The molecule has 0 radical (unpaired) electrons. The van der Waals surface area contributed by atoms with Crippen molar-refractivity contribution in [2.45, 2.75) is 31.7 Å². The second-order valence-electron chi connectivity index (χ2n) is 8.11. The highest BCUT2D eigenvalue weighted by Crippen LogP contribution is 2.43. The molecule has 4 rings (SSSR count). The number of hydrogen-bond acceptors (Lipinski definition) is 4. The largest absolute Gasteiger partial charge is 0.322 e. The van der Waals surface area contributed by atoms with Crippen LogP contribution in [0.4, 0.5) is 14.5 Å². The Balaban J connectivity index is 1.47. The van der Waals surface area contributed by atoms with Crippen molar-refractivity contribution in [2.24, 2.45) is 0 Å². The number of hydrogen-bond donors (Lipinski definition) is 1. The third-order valence-corrected chi connectivity index (χ3v) is 6.61. The summed E-state index contributed by atoms with van der Waals surface area (Å²) in [5.74, 6) is 0.229. The Morgan fingerprint density at radius 1 is 1.23 bits per heavy atom. The van der Waals surface area contributed by atoms with Crippen LogP contribution in [0.1, 0.15) is 52.4 Å². The molecule has 0 unspecified atom stereocenters. The SMILES string of the molecule is CN1CCN(Cc2ccc(NC(=O)c3cnc(C(F)F)c(I)c3)cc2C2CC2)CC1. The number of carbonyl (C=O) groups excluding carboxylic acids is 1. The number of halogens is 3. The number of rotatable bonds is 6. The number of nitrogens with one attached hydrogen (secondary N) is 1. The quantitative estimate of drug-likeness (QED) is 0.564. The molecule has 5 nitrogen and oxygen atoms in total. The van der Waals surface area contributed by atoms with E-state index in [9.17, 15) is 13.6 Å². The van der Waals surface area contributed by atoms with Crippen molar-refractivity contribution in [3.63, 3.8) is 0 Å². The monoisotopic (exact) mass is 526 g/mol. The van der Waals surface area contributed by atoms with E-state index in [2.05, 4.69) is 39.3 Å². The van der Waals surface area contributed by atoms with E-state index >= 15 is 0 Å². The third-order valence-electron chi connectivity index (χ3n) is 5.75. The number of pyridine rings is 1. The molecule has 1 N–H and O–H groups in total. The third kappa shape index (κ3) is 5.15. The van der Waals surface area contributed by atoms with Crippen LogP contribution in [-0.2, 0) is 6.54 Å². The van der Waals surface area contributed by atoms with Gasteiger partial charge in [-0.1, -0.05) is 6.07 Å². The van der Waals surface area contributed by atoms with Gasteiger partial charge in [-0.05, 0) is 77.7 Å². The molecule has 2 heterocycles. The number of benzene rings is 1. The Morgan fingerprint density at radius 2 is 1.97 bits per heavy atom. The summed E-state index contributed by atoms with van der Waals surface area (Å²) in [6, 6.07) is 7.57. The normalized spacial score (nSPS) is 18.0. The van der Waals surface area contributed by atoms with E-state index in [1.54, 1.807) is 22.6 Å². The van der Waals surface area contributed by atoms with Gasteiger partial charge in [-0.2, -0.15) is 0 Å². The number of aromatic nitrogens is 1. The standard InChI is InChI=1S/C22H25F2IN4O/c1-28-6-8-29(9-7-28)13-15-4-5-17(11-18(15)14-2-3-14)27-22(30)16-10-19(25)20(21(23)24)26-12-16/h4-5,10-12,14,21H,2-3,6-9,13H2,1H3,(H,27,30). The van der Waals surface area contributed by atoms with Crippen molar-refractivity contribution in [1.29, 1.82) is 0 Å². The molecule has 1 saturated carbocycles. The number of amides is 1. The second-order valence-corrected chi connectivity index (χ2v) is 9.28. The molecule has 1 aromatic carbocycles. The van der Waals surface area contributed by atoms with Crippen molar-refractivity contribution in [2.75, 3.05) is 38.5 Å². The molecule has 0 bridgehead atoms. The van der Waals surface area contributed by atoms with Gasteiger partial charge in [0.15, 0.2) is 0 Å². The number of nitrogens with zero attached hydrogens (tertiary/aromatic N) is 3. The minimum atomic E-state index is -2.65. The Labute approximate surface area is 189 Å². The van der Waals surface area contributed by atoms with E-state index in [-0.39, 0.29) is 20.7 Å². The van der Waals surface area contributed by atoms with Gasteiger partial charge in [0.2, 0.25) is 0 Å². The van der Waals surface area contributed by atoms with Crippen molar-refractivity contribution >= 4 is 34.2 Å². The fourth-order valence-electron chi connectivity index (χ4n) is 3.77. The van der Waals surface area contributed by atoms with Gasteiger partial charge in [0, 0.05) is 48.2 Å². The summed E-state index contributed by atoms with van der Waals surface area (Å²) >= 11 is 1.79. The lowest BCUT2D eigenvalue weighted by atomic mass is 10.0. The van der Waals surface area contributed by atoms with Gasteiger partial charge in [0.1, 0.15) is 5.69 Å². The van der Waals surface area contributed by atoms with Crippen molar-refractivity contribution in [3.05, 3.63) is 56.4 Å². The highest BCUT2D eigenvalue weighted by atomic mass is 127. The maximum Gasteiger partial charge on any atom is 0.281 e. The number of anilines is 1. The van der Waals surface area contributed by atoms with Gasteiger partial charge in [0.05, 0.1) is 5.56 Å². The zero-order valence-corrected chi connectivity index (χ0v) is 19.0. The molecule has 1 aliphatic heterocycles. The molecule has 160 valence electrons. The van der Waals surface area contributed by atoms with Crippen LogP contribution < -0.4 is 5.32 Å². The van der Waals surface area contributed by atoms with E-state index in [0.717, 1.165) is 38.4 Å². The van der Waals surface area contributed by atoms with Gasteiger partial charge >= 0.3 is 0 Å². The summed E-state index contributed by atoms with van der Waals surface area (Å²) < 4.78 is 26.1. The minimum Gasteiger partial charge on any atom is -0.322 e. The van der Waals surface area contributed by atoms with E-state index in [4.69, 9.17) is 0 Å². The summed E-state index contributed by atoms with van der Waals surface area (Å²) in [7, 11) is 2.15. The number of carbonyl (C=O) groups is 1. The number of likely N-dealkylation sites (N-methyl/N-ethyl adjacent to an activating group) is 1. The molecule has 1 aromatic heterocycles. The minimum absolute atomic E-state index is 0.276. The van der Waals surface area contributed by atoms with Crippen LogP contribution in [0.15, 0.2) is 30.5 Å². The maximum atomic E-state index is 12.9. The van der Waals surface area contributed by atoms with Gasteiger partial charge in [-0.15, -0.1) is 0 Å². The molecular formula is C22H25F2IN4O. The predicted molar refractivity (Wildman–Crippen MR) is 121 cm³/mol. The van der Waals surface area contributed by atoms with Crippen LogP contribution >= 0.6 is 22.6 Å². The molecule has 30 heavy (non-hydrogen) atoms. The van der Waals surface area contributed by atoms with Crippen molar-refractivity contribution < 1.29 is 13.6 Å². The van der Waals surface area contributed by atoms with Crippen LogP contribution in [0.25, 0.3) is 0 Å². The summed E-state index contributed by atoms with van der Waals surface area (Å²) in [4.78, 5) is 21.2. The Hall–Kier alpha value is -1.65. The highest BCUT2D eigenvalue weighted by Gasteiger charge is 2.27. The molecule has 1 saturated heterocycles. The lowest BCUT2D eigenvalue weighted by molar-refractivity contribution is 0.102. The van der Waals surface area contributed by atoms with Crippen LogP contribution in [0.2, 0.25) is 0 Å². The van der Waals surface area contributed by atoms with Gasteiger partial charge in [-0.3, -0.25) is 14.7 Å². The molecule has 1 amide bonds. The average molecular weight is 526 g/mol. The summed E-state index contributed by atoms with van der Waals surface area (Å²) in [5.41, 5.74) is 3.36. The summed E-state index contributed by atoms with van der Waals surface area (Å²) in [6.45, 7) is 5.25. The van der Waals surface area contributed by atoms with Gasteiger partial charge in [-0.25, -0.2) is 8.78 Å². The van der Waals surface area contributed by atoms with E-state index in [1.807, 2.05) is 6.07 Å². The first kappa shape index (κ1) is 21.6. The Morgan fingerprint density at radius 3 is 2.60 bits per heavy atom. The topological polar surface area (TPSA) is 48.5 Å². The second kappa shape index (κ2) is 9.23. The first-order valence-corrected chi connectivity index (χ1v) is 11.3. The van der Waals surface area contributed by atoms with Crippen LogP contribution in [0.3, 0.4) is 0 Å². The molecular weight excluding hydrogens is 501 g/mol. The highest BCUT2D eigenvalue weighted by molar-refractivity contribution is 14.1. The molecule has 0 atom stereocenters. The Bertz CT molecular complexity index is 927.